The summed E-state index contributed by atoms with van der Waals surface area (Å²) in [5, 5.41) is 7.83. The molecule has 0 fully saturated rings. The summed E-state index contributed by atoms with van der Waals surface area (Å²) in [4.78, 5) is 12.4. The molecule has 0 saturated carbocycles. The molecule has 0 aliphatic rings. The van der Waals surface area contributed by atoms with Crippen molar-refractivity contribution in [3.8, 4) is 5.75 Å². The first-order valence-corrected chi connectivity index (χ1v) is 10.7. The van der Waals surface area contributed by atoms with Crippen LogP contribution in [-0.4, -0.2) is 49.1 Å². The number of aliphatic imine (C=N–C) groups is 1. The summed E-state index contributed by atoms with van der Waals surface area (Å²) in [6, 6.07) is 8.16. The maximum atomic E-state index is 6.04. The number of hydrogen-bond acceptors (Lipinski definition) is 5. The van der Waals surface area contributed by atoms with Gasteiger partial charge in [-0.3, -0.25) is 4.99 Å². The number of guanidine groups is 1. The Kier molecular flexibility index (Phi) is 9.23. The first-order chi connectivity index (χ1) is 13.6. The van der Waals surface area contributed by atoms with E-state index >= 15 is 0 Å². The molecule has 28 heavy (non-hydrogen) atoms. The van der Waals surface area contributed by atoms with E-state index in [0.29, 0.717) is 13.2 Å². The van der Waals surface area contributed by atoms with E-state index in [4.69, 9.17) is 4.74 Å². The van der Waals surface area contributed by atoms with Gasteiger partial charge >= 0.3 is 0 Å². The molecule has 1 aromatic heterocycles. The molecule has 0 aliphatic carbocycles. The van der Waals surface area contributed by atoms with Gasteiger partial charge in [0.05, 0.1) is 17.2 Å². The van der Waals surface area contributed by atoms with Crippen LogP contribution in [0.1, 0.15) is 35.0 Å². The van der Waals surface area contributed by atoms with Gasteiger partial charge in [0, 0.05) is 30.6 Å². The summed E-state index contributed by atoms with van der Waals surface area (Å²) in [5.41, 5.74) is 2.20. The number of nitrogens with zero attached hydrogens (tertiary/aromatic N) is 3. The molecule has 0 amide bonds. The van der Waals surface area contributed by atoms with Crippen LogP contribution < -0.4 is 15.4 Å². The van der Waals surface area contributed by atoms with Gasteiger partial charge in [0.2, 0.25) is 0 Å². The molecule has 6 nitrogen and oxygen atoms in total. The highest BCUT2D eigenvalue weighted by Crippen LogP contribution is 2.18. The molecule has 154 valence electrons. The number of thiazole rings is 1. The van der Waals surface area contributed by atoms with Crippen LogP contribution in [0.5, 0.6) is 5.75 Å². The lowest BCUT2D eigenvalue weighted by atomic mass is 10.2. The van der Waals surface area contributed by atoms with E-state index in [0.717, 1.165) is 54.2 Å². The second-order valence-electron chi connectivity index (χ2n) is 6.50. The van der Waals surface area contributed by atoms with Crippen LogP contribution in [0.3, 0.4) is 0 Å². The van der Waals surface area contributed by atoms with Crippen LogP contribution in [-0.2, 0) is 13.1 Å². The number of nitrogens with one attached hydrogen (secondary N) is 2. The predicted molar refractivity (Wildman–Crippen MR) is 118 cm³/mol. The molecule has 1 aromatic carbocycles. The van der Waals surface area contributed by atoms with E-state index in [2.05, 4.69) is 45.4 Å². The van der Waals surface area contributed by atoms with Crippen LogP contribution in [0.2, 0.25) is 0 Å². The molecule has 7 heteroatoms. The minimum absolute atomic E-state index is 0.655. The van der Waals surface area contributed by atoms with Gasteiger partial charge < -0.3 is 20.3 Å². The van der Waals surface area contributed by atoms with Gasteiger partial charge in [-0.15, -0.1) is 11.3 Å². The Bertz CT molecular complexity index is 755. The molecular weight excluding hydrogens is 370 g/mol. The van der Waals surface area contributed by atoms with Gasteiger partial charge in [-0.1, -0.05) is 32.0 Å². The standard InChI is InChI=1S/C21H33N5OS/c1-6-26(7-2)12-13-27-19-11-9-8-10-18(19)14-23-21(22-5)24-15-20-16(3)25-17(4)28-20/h8-11H,6-7,12-15H2,1-5H3,(H2,22,23,24). The number of aromatic nitrogens is 1. The van der Waals surface area contributed by atoms with Crippen molar-refractivity contribution in [1.82, 2.24) is 20.5 Å². The molecule has 0 atom stereocenters. The molecule has 0 unspecified atom stereocenters. The zero-order valence-electron chi connectivity index (χ0n) is 17.7. The van der Waals surface area contributed by atoms with Gasteiger partial charge in [0.1, 0.15) is 12.4 Å². The number of rotatable bonds is 10. The lowest BCUT2D eigenvalue weighted by molar-refractivity contribution is 0.221. The first kappa shape index (κ1) is 22.2. The number of aryl methyl sites for hydroxylation is 2. The summed E-state index contributed by atoms with van der Waals surface area (Å²) in [7, 11) is 1.78. The van der Waals surface area contributed by atoms with Crippen LogP contribution in [0.4, 0.5) is 0 Å². The highest BCUT2D eigenvalue weighted by Gasteiger charge is 2.08. The zero-order chi connectivity index (χ0) is 20.4. The van der Waals surface area contributed by atoms with E-state index in [1.54, 1.807) is 18.4 Å². The van der Waals surface area contributed by atoms with E-state index in [9.17, 15) is 0 Å². The van der Waals surface area contributed by atoms with Gasteiger partial charge in [-0.05, 0) is 33.0 Å². The molecule has 0 spiro atoms. The molecule has 0 aliphatic heterocycles. The third-order valence-electron chi connectivity index (χ3n) is 4.62. The molecule has 0 bridgehead atoms. The maximum absolute atomic E-state index is 6.04. The van der Waals surface area contributed by atoms with Crippen molar-refractivity contribution in [2.24, 2.45) is 4.99 Å². The van der Waals surface area contributed by atoms with E-state index in [1.165, 1.54) is 4.88 Å². The minimum atomic E-state index is 0.655. The smallest absolute Gasteiger partial charge is 0.191 e. The zero-order valence-corrected chi connectivity index (χ0v) is 18.5. The first-order valence-electron chi connectivity index (χ1n) is 9.87. The largest absolute Gasteiger partial charge is 0.492 e. The topological polar surface area (TPSA) is 61.8 Å². The van der Waals surface area contributed by atoms with Crippen molar-refractivity contribution < 1.29 is 4.74 Å². The minimum Gasteiger partial charge on any atom is -0.492 e. The summed E-state index contributed by atoms with van der Waals surface area (Å²) in [6.07, 6.45) is 0. The van der Waals surface area contributed by atoms with Crippen LogP contribution in [0.25, 0.3) is 0 Å². The van der Waals surface area contributed by atoms with Crippen LogP contribution in [0.15, 0.2) is 29.3 Å². The van der Waals surface area contributed by atoms with Crippen molar-refractivity contribution in [1.29, 1.82) is 0 Å². The second-order valence-corrected chi connectivity index (χ2v) is 7.79. The molecule has 2 rings (SSSR count). The summed E-state index contributed by atoms with van der Waals surface area (Å²) >= 11 is 1.72. The summed E-state index contributed by atoms with van der Waals surface area (Å²) in [6.45, 7) is 13.5. The lowest BCUT2D eigenvalue weighted by Gasteiger charge is -2.19. The normalized spacial score (nSPS) is 11.7. The van der Waals surface area contributed by atoms with Gasteiger partial charge in [0.25, 0.3) is 0 Å². The summed E-state index contributed by atoms with van der Waals surface area (Å²) in [5.74, 6) is 1.69. The van der Waals surface area contributed by atoms with Crippen molar-refractivity contribution in [2.45, 2.75) is 40.8 Å². The Morgan fingerprint density at radius 2 is 1.86 bits per heavy atom. The van der Waals surface area contributed by atoms with E-state index < -0.39 is 0 Å². The fraction of sp³-hybridized carbons (Fsp3) is 0.524. The van der Waals surface area contributed by atoms with E-state index in [1.807, 2.05) is 32.0 Å². The third-order valence-corrected chi connectivity index (χ3v) is 5.69. The number of ether oxygens (including phenoxy) is 1. The maximum Gasteiger partial charge on any atom is 0.191 e. The molecule has 0 radical (unpaired) electrons. The van der Waals surface area contributed by atoms with E-state index in [-0.39, 0.29) is 0 Å². The van der Waals surface area contributed by atoms with Crippen molar-refractivity contribution in [3.05, 3.63) is 45.4 Å². The van der Waals surface area contributed by atoms with Crippen molar-refractivity contribution in [2.75, 3.05) is 33.3 Å². The van der Waals surface area contributed by atoms with Crippen molar-refractivity contribution >= 4 is 17.3 Å². The molecule has 2 aromatic rings. The molecular formula is C21H33N5OS. The van der Waals surface area contributed by atoms with Crippen LogP contribution >= 0.6 is 11.3 Å². The number of benzene rings is 1. The highest BCUT2D eigenvalue weighted by atomic mass is 32.1. The molecule has 2 N–H and O–H groups in total. The average Bonchev–Trinajstić information content (AvgIpc) is 3.03. The van der Waals surface area contributed by atoms with Gasteiger partial charge in [-0.2, -0.15) is 0 Å². The Hall–Kier alpha value is -2.12. The van der Waals surface area contributed by atoms with Crippen molar-refractivity contribution in [3.63, 3.8) is 0 Å². The quantitative estimate of drug-likeness (QED) is 0.471. The lowest BCUT2D eigenvalue weighted by Crippen LogP contribution is -2.36. The molecule has 0 saturated heterocycles. The predicted octanol–water partition coefficient (Wildman–Crippen LogP) is 3.35. The van der Waals surface area contributed by atoms with Gasteiger partial charge in [-0.25, -0.2) is 4.98 Å². The SMILES string of the molecule is CCN(CC)CCOc1ccccc1CNC(=NC)NCc1sc(C)nc1C. The Morgan fingerprint density at radius 3 is 2.50 bits per heavy atom. The molecule has 1 heterocycles. The fourth-order valence-corrected chi connectivity index (χ4v) is 3.79. The third kappa shape index (κ3) is 6.80. The second kappa shape index (κ2) is 11.7. The van der Waals surface area contributed by atoms with Gasteiger partial charge in [0.15, 0.2) is 5.96 Å². The monoisotopic (exact) mass is 403 g/mol. The van der Waals surface area contributed by atoms with Crippen LogP contribution in [0, 0.1) is 13.8 Å². The summed E-state index contributed by atoms with van der Waals surface area (Å²) < 4.78 is 6.04. The highest BCUT2D eigenvalue weighted by molar-refractivity contribution is 7.11. The average molecular weight is 404 g/mol. The Balaban J connectivity index is 1.87. The number of para-hydroxylation sites is 1. The Morgan fingerprint density at radius 1 is 1.14 bits per heavy atom. The number of hydrogen-bond donors (Lipinski definition) is 2. The Labute approximate surface area is 173 Å². The number of likely N-dealkylation sites (N-methyl/N-ethyl adjacent to an activating group) is 1. The fourth-order valence-electron chi connectivity index (χ4n) is 2.92.